The van der Waals surface area contributed by atoms with Gasteiger partial charge in [0.25, 0.3) is 6.43 Å². The number of hydrogen-bond acceptors (Lipinski definition) is 8. The molecule has 0 amide bonds. The molecule has 2 N–H and O–H groups in total. The van der Waals surface area contributed by atoms with E-state index in [0.717, 1.165) is 11.3 Å². The summed E-state index contributed by atoms with van der Waals surface area (Å²) < 4.78 is 64.1. The van der Waals surface area contributed by atoms with Crippen molar-refractivity contribution in [3.05, 3.63) is 83.4 Å². The first kappa shape index (κ1) is 27.4. The van der Waals surface area contributed by atoms with Crippen molar-refractivity contribution in [1.29, 1.82) is 0 Å². The van der Waals surface area contributed by atoms with E-state index in [1.54, 1.807) is 20.1 Å². The van der Waals surface area contributed by atoms with E-state index in [0.29, 0.717) is 41.3 Å². The number of benzene rings is 2. The van der Waals surface area contributed by atoms with Gasteiger partial charge in [-0.15, -0.1) is 0 Å². The number of nitrogens with two attached hydrogens (primary N) is 1. The molecular formula is C29H27F3N4O4. The summed E-state index contributed by atoms with van der Waals surface area (Å²) in [7, 11) is 1.60. The highest BCUT2D eigenvalue weighted by Gasteiger charge is 2.26. The molecule has 3 heterocycles. The monoisotopic (exact) mass is 552 g/mol. The van der Waals surface area contributed by atoms with Crippen molar-refractivity contribution in [3.8, 4) is 34.0 Å². The SMILES string of the molecule is COc1ccc(C2OCC(COc3nc(N)nc(-c4ccc(F)cc4)c3-c3cc(C)nc(C(F)F)c3)CO2)cc1. The van der Waals surface area contributed by atoms with Gasteiger partial charge < -0.3 is 24.7 Å². The topological polar surface area (TPSA) is 102 Å². The summed E-state index contributed by atoms with van der Waals surface area (Å²) >= 11 is 0. The van der Waals surface area contributed by atoms with E-state index in [1.165, 1.54) is 30.3 Å². The molecule has 8 nitrogen and oxygen atoms in total. The van der Waals surface area contributed by atoms with Crippen LogP contribution in [-0.2, 0) is 9.47 Å². The Bertz CT molecular complexity index is 1460. The first-order valence-corrected chi connectivity index (χ1v) is 12.5. The van der Waals surface area contributed by atoms with Crippen LogP contribution in [0.2, 0.25) is 0 Å². The number of nitrogen functional groups attached to an aromatic ring is 1. The standard InChI is InChI=1S/C29H27F3N4O4/c1-16-11-20(12-23(34-16)26(31)32)24-25(18-3-7-21(30)8-4-18)35-29(33)36-27(24)38-13-17-14-39-28(40-15-17)19-5-9-22(37-2)10-6-19/h3-12,17,26,28H,13-15H2,1-2H3,(H2,33,35,36). The van der Waals surface area contributed by atoms with Crippen molar-refractivity contribution < 1.29 is 32.1 Å². The summed E-state index contributed by atoms with van der Waals surface area (Å²) in [6.07, 6.45) is -3.31. The molecule has 1 aliphatic heterocycles. The van der Waals surface area contributed by atoms with Gasteiger partial charge in [0.2, 0.25) is 11.8 Å². The Morgan fingerprint density at radius 1 is 0.950 bits per heavy atom. The van der Waals surface area contributed by atoms with Gasteiger partial charge in [0.1, 0.15) is 17.3 Å². The number of anilines is 1. The molecule has 5 rings (SSSR count). The Morgan fingerprint density at radius 2 is 1.65 bits per heavy atom. The highest BCUT2D eigenvalue weighted by molar-refractivity contribution is 5.85. The van der Waals surface area contributed by atoms with Crippen LogP contribution in [-0.4, -0.2) is 41.9 Å². The number of ether oxygens (including phenoxy) is 4. The summed E-state index contributed by atoms with van der Waals surface area (Å²) in [6, 6.07) is 15.9. The van der Waals surface area contributed by atoms with Crippen molar-refractivity contribution in [1.82, 2.24) is 15.0 Å². The molecule has 0 radical (unpaired) electrons. The lowest BCUT2D eigenvalue weighted by Crippen LogP contribution is -2.31. The molecule has 0 saturated carbocycles. The van der Waals surface area contributed by atoms with Crippen LogP contribution >= 0.6 is 0 Å². The fourth-order valence-electron chi connectivity index (χ4n) is 4.38. The van der Waals surface area contributed by atoms with Crippen LogP contribution < -0.4 is 15.2 Å². The third-order valence-electron chi connectivity index (χ3n) is 6.31. The molecule has 1 aliphatic rings. The van der Waals surface area contributed by atoms with Gasteiger partial charge in [-0.05, 0) is 61.0 Å². The second-order valence-corrected chi connectivity index (χ2v) is 9.29. The lowest BCUT2D eigenvalue weighted by atomic mass is 9.99. The molecule has 0 atom stereocenters. The smallest absolute Gasteiger partial charge is 0.280 e. The van der Waals surface area contributed by atoms with E-state index in [4.69, 9.17) is 24.7 Å². The van der Waals surface area contributed by atoms with E-state index >= 15 is 0 Å². The second-order valence-electron chi connectivity index (χ2n) is 9.29. The number of pyridine rings is 1. The third kappa shape index (κ3) is 6.16. The van der Waals surface area contributed by atoms with E-state index in [1.807, 2.05) is 24.3 Å². The van der Waals surface area contributed by atoms with Gasteiger partial charge in [-0.25, -0.2) is 18.2 Å². The molecule has 40 heavy (non-hydrogen) atoms. The Labute approximate surface area is 228 Å². The minimum atomic E-state index is -2.79. The Hall–Kier alpha value is -4.22. The fourth-order valence-corrected chi connectivity index (χ4v) is 4.38. The van der Waals surface area contributed by atoms with Gasteiger partial charge >= 0.3 is 0 Å². The third-order valence-corrected chi connectivity index (χ3v) is 6.31. The zero-order valence-electron chi connectivity index (χ0n) is 21.8. The lowest BCUT2D eigenvalue weighted by Gasteiger charge is -2.29. The number of hydrogen-bond donors (Lipinski definition) is 1. The minimum absolute atomic E-state index is 0.0892. The molecule has 208 valence electrons. The maximum atomic E-state index is 13.7. The number of nitrogens with zero attached hydrogens (tertiary/aromatic N) is 3. The van der Waals surface area contributed by atoms with E-state index in [-0.39, 0.29) is 24.4 Å². The summed E-state index contributed by atoms with van der Waals surface area (Å²) in [6.45, 7) is 2.46. The number of alkyl halides is 2. The number of aryl methyl sites for hydroxylation is 1. The van der Waals surface area contributed by atoms with Crippen molar-refractivity contribution in [2.75, 3.05) is 32.7 Å². The largest absolute Gasteiger partial charge is 0.497 e. The van der Waals surface area contributed by atoms with Crippen LogP contribution in [0.25, 0.3) is 22.4 Å². The number of halogens is 3. The zero-order valence-corrected chi connectivity index (χ0v) is 21.8. The first-order valence-electron chi connectivity index (χ1n) is 12.5. The molecular weight excluding hydrogens is 525 g/mol. The highest BCUT2D eigenvalue weighted by Crippen LogP contribution is 2.39. The van der Waals surface area contributed by atoms with E-state index in [2.05, 4.69) is 15.0 Å². The summed E-state index contributed by atoms with van der Waals surface area (Å²) in [5, 5.41) is 0. The Morgan fingerprint density at radius 3 is 2.30 bits per heavy atom. The maximum Gasteiger partial charge on any atom is 0.280 e. The van der Waals surface area contributed by atoms with Crippen LogP contribution in [0.1, 0.15) is 29.7 Å². The lowest BCUT2D eigenvalue weighted by molar-refractivity contribution is -0.208. The molecule has 2 aromatic carbocycles. The van der Waals surface area contributed by atoms with Gasteiger partial charge in [-0.2, -0.15) is 4.98 Å². The van der Waals surface area contributed by atoms with Crippen molar-refractivity contribution in [3.63, 3.8) is 0 Å². The molecule has 1 fully saturated rings. The molecule has 2 aromatic heterocycles. The van der Waals surface area contributed by atoms with Crippen LogP contribution in [0, 0.1) is 18.7 Å². The van der Waals surface area contributed by atoms with E-state index < -0.39 is 24.2 Å². The number of aromatic nitrogens is 3. The second kappa shape index (κ2) is 11.9. The van der Waals surface area contributed by atoms with Crippen LogP contribution in [0.15, 0.2) is 60.7 Å². The zero-order chi connectivity index (χ0) is 28.2. The normalized spacial score (nSPS) is 17.1. The van der Waals surface area contributed by atoms with Crippen LogP contribution in [0.4, 0.5) is 19.1 Å². The molecule has 1 saturated heterocycles. The van der Waals surface area contributed by atoms with Gasteiger partial charge in [0.15, 0.2) is 6.29 Å². The predicted molar refractivity (Wildman–Crippen MR) is 141 cm³/mol. The van der Waals surface area contributed by atoms with Crippen molar-refractivity contribution >= 4 is 5.95 Å². The fraction of sp³-hybridized carbons (Fsp3) is 0.276. The molecule has 0 unspecified atom stereocenters. The minimum Gasteiger partial charge on any atom is -0.497 e. The quantitative estimate of drug-likeness (QED) is 0.287. The number of methoxy groups -OCH3 is 1. The van der Waals surface area contributed by atoms with E-state index in [9.17, 15) is 13.2 Å². The van der Waals surface area contributed by atoms with Gasteiger partial charge in [-0.1, -0.05) is 12.1 Å². The summed E-state index contributed by atoms with van der Waals surface area (Å²) in [5.74, 6) is 0.150. The summed E-state index contributed by atoms with van der Waals surface area (Å²) in [4.78, 5) is 12.6. The molecule has 0 spiro atoms. The number of rotatable bonds is 8. The van der Waals surface area contributed by atoms with Gasteiger partial charge in [-0.3, -0.25) is 4.98 Å². The van der Waals surface area contributed by atoms with Gasteiger partial charge in [0, 0.05) is 22.7 Å². The maximum absolute atomic E-state index is 13.7. The average Bonchev–Trinajstić information content (AvgIpc) is 2.96. The highest BCUT2D eigenvalue weighted by atomic mass is 19.3. The molecule has 0 bridgehead atoms. The Kier molecular flexibility index (Phi) is 8.13. The van der Waals surface area contributed by atoms with Gasteiger partial charge in [0.05, 0.1) is 38.2 Å². The Balaban J connectivity index is 1.42. The van der Waals surface area contributed by atoms with Crippen molar-refractivity contribution in [2.45, 2.75) is 19.6 Å². The first-order chi connectivity index (χ1) is 19.3. The van der Waals surface area contributed by atoms with Crippen LogP contribution in [0.3, 0.4) is 0 Å². The van der Waals surface area contributed by atoms with Crippen molar-refractivity contribution in [2.24, 2.45) is 5.92 Å². The molecule has 11 heteroatoms. The average molecular weight is 553 g/mol. The molecule has 0 aliphatic carbocycles. The predicted octanol–water partition coefficient (Wildman–Crippen LogP) is 5.92. The summed E-state index contributed by atoms with van der Waals surface area (Å²) in [5.41, 5.74) is 8.38. The molecule has 4 aromatic rings. The van der Waals surface area contributed by atoms with Crippen LogP contribution in [0.5, 0.6) is 11.6 Å².